The van der Waals surface area contributed by atoms with Gasteiger partial charge >= 0.3 is 0 Å². The lowest BCUT2D eigenvalue weighted by Crippen LogP contribution is -2.47. The van der Waals surface area contributed by atoms with Crippen molar-refractivity contribution in [2.75, 3.05) is 18.1 Å². The van der Waals surface area contributed by atoms with Crippen LogP contribution in [0.5, 0.6) is 17.2 Å². The van der Waals surface area contributed by atoms with Crippen molar-refractivity contribution in [1.82, 2.24) is 5.32 Å². The highest BCUT2D eigenvalue weighted by Gasteiger charge is 2.35. The summed E-state index contributed by atoms with van der Waals surface area (Å²) in [6.07, 6.45) is 5.18. The van der Waals surface area contributed by atoms with Gasteiger partial charge in [0.15, 0.2) is 11.5 Å². The third-order valence-corrected chi connectivity index (χ3v) is 6.99. The van der Waals surface area contributed by atoms with Gasteiger partial charge in [-0.1, -0.05) is 49.1 Å². The van der Waals surface area contributed by atoms with E-state index in [1.165, 1.54) is 23.5 Å². The number of carbonyl (C=O) groups excluding carboxylic acids is 2. The maximum absolute atomic E-state index is 14.2. The van der Waals surface area contributed by atoms with Crippen molar-refractivity contribution in [1.29, 1.82) is 0 Å². The van der Waals surface area contributed by atoms with E-state index in [4.69, 9.17) is 9.47 Å². The Morgan fingerprint density at radius 2 is 1.57 bits per heavy atom. The van der Waals surface area contributed by atoms with Crippen LogP contribution < -0.4 is 19.7 Å². The number of aromatic hydroxyl groups is 1. The van der Waals surface area contributed by atoms with Crippen molar-refractivity contribution in [3.8, 4) is 17.2 Å². The second-order valence-electron chi connectivity index (χ2n) is 9.71. The van der Waals surface area contributed by atoms with Crippen LogP contribution in [-0.4, -0.2) is 36.2 Å². The van der Waals surface area contributed by atoms with E-state index >= 15 is 0 Å². The Labute approximate surface area is 217 Å². The van der Waals surface area contributed by atoms with Gasteiger partial charge < -0.3 is 19.9 Å². The summed E-state index contributed by atoms with van der Waals surface area (Å²) in [4.78, 5) is 29.7. The Kier molecular flexibility index (Phi) is 7.30. The normalized spacial score (nSPS) is 16.0. The Balaban J connectivity index is 1.58. The lowest BCUT2D eigenvalue weighted by molar-refractivity contribution is -0.123. The van der Waals surface area contributed by atoms with Gasteiger partial charge in [-0.15, -0.1) is 0 Å². The van der Waals surface area contributed by atoms with Gasteiger partial charge in [-0.2, -0.15) is 0 Å². The summed E-state index contributed by atoms with van der Waals surface area (Å²) < 4.78 is 11.3. The number of carbonyl (C=O) groups is 2. The molecule has 5 rings (SSSR count). The van der Waals surface area contributed by atoms with E-state index in [2.05, 4.69) is 5.32 Å². The van der Waals surface area contributed by atoms with E-state index in [0.29, 0.717) is 41.5 Å². The number of ether oxygens (including phenoxy) is 2. The molecule has 1 aliphatic carbocycles. The fourth-order valence-electron chi connectivity index (χ4n) is 5.01. The average Bonchev–Trinajstić information content (AvgIpc) is 2.93. The summed E-state index contributed by atoms with van der Waals surface area (Å²) in [5.74, 6) is 0.612. The first kappa shape index (κ1) is 24.7. The van der Waals surface area contributed by atoms with Crippen molar-refractivity contribution >= 4 is 17.5 Å². The van der Waals surface area contributed by atoms with Crippen molar-refractivity contribution in [2.45, 2.75) is 51.1 Å². The zero-order valence-electron chi connectivity index (χ0n) is 21.0. The molecule has 7 nitrogen and oxygen atoms in total. The number of phenols is 1. The average molecular weight is 501 g/mol. The van der Waals surface area contributed by atoms with Gasteiger partial charge in [0, 0.05) is 17.3 Å². The number of phenolic OH excluding ortho intramolecular Hbond substituents is 1. The highest BCUT2D eigenvalue weighted by atomic mass is 16.6. The molecule has 0 bridgehead atoms. The monoisotopic (exact) mass is 500 g/mol. The fraction of sp³-hybridized carbons (Fsp3) is 0.333. The lowest BCUT2D eigenvalue weighted by atomic mass is 9.94. The Morgan fingerprint density at radius 1 is 0.892 bits per heavy atom. The van der Waals surface area contributed by atoms with Crippen LogP contribution in [0.4, 0.5) is 5.69 Å². The van der Waals surface area contributed by atoms with Crippen molar-refractivity contribution in [3.63, 3.8) is 0 Å². The minimum absolute atomic E-state index is 0.0742. The van der Waals surface area contributed by atoms with E-state index < -0.39 is 6.04 Å². The standard InChI is InChI=1S/C30H32N2O5/c1-20-7-12-24(13-8-20)32(30(35)22-11-16-26-27(19-22)37-18-17-36-26)28(21-9-14-25(33)15-10-21)29(34)31-23-5-3-2-4-6-23/h7-16,19,23,28,33H,2-6,17-18H2,1H3,(H,31,34)/t28-/m1/s1. The summed E-state index contributed by atoms with van der Waals surface area (Å²) in [7, 11) is 0. The van der Waals surface area contributed by atoms with Crippen molar-refractivity contribution in [2.24, 2.45) is 0 Å². The van der Waals surface area contributed by atoms with Crippen LogP contribution in [0.3, 0.4) is 0 Å². The van der Waals surface area contributed by atoms with Crippen molar-refractivity contribution in [3.05, 3.63) is 83.4 Å². The Bertz CT molecular complexity index is 1250. The van der Waals surface area contributed by atoms with Gasteiger partial charge in [0.1, 0.15) is 25.0 Å². The molecule has 2 aliphatic rings. The molecule has 1 heterocycles. The number of nitrogens with zero attached hydrogens (tertiary/aromatic N) is 1. The molecule has 1 fully saturated rings. The molecule has 0 radical (unpaired) electrons. The van der Waals surface area contributed by atoms with E-state index in [0.717, 1.165) is 31.2 Å². The van der Waals surface area contributed by atoms with Crippen LogP contribution in [0.2, 0.25) is 0 Å². The summed E-state index contributed by atoms with van der Waals surface area (Å²) >= 11 is 0. The third kappa shape index (κ3) is 5.56. The first-order valence-corrected chi connectivity index (χ1v) is 12.9. The smallest absolute Gasteiger partial charge is 0.259 e. The molecule has 0 unspecified atom stereocenters. The quantitative estimate of drug-likeness (QED) is 0.479. The van der Waals surface area contributed by atoms with Crippen LogP contribution in [0.1, 0.15) is 59.6 Å². The van der Waals surface area contributed by atoms with Gasteiger partial charge in [-0.3, -0.25) is 14.5 Å². The Morgan fingerprint density at radius 3 is 2.27 bits per heavy atom. The number of fused-ring (bicyclic) bond motifs is 1. The van der Waals surface area contributed by atoms with E-state index in [1.807, 2.05) is 31.2 Å². The van der Waals surface area contributed by atoms with Crippen LogP contribution in [0.25, 0.3) is 0 Å². The van der Waals surface area contributed by atoms with Gasteiger partial charge in [-0.25, -0.2) is 0 Å². The number of amides is 2. The van der Waals surface area contributed by atoms with Gasteiger partial charge in [0.2, 0.25) is 5.91 Å². The third-order valence-electron chi connectivity index (χ3n) is 6.99. The van der Waals surface area contributed by atoms with Crippen molar-refractivity contribution < 1.29 is 24.2 Å². The van der Waals surface area contributed by atoms with E-state index in [9.17, 15) is 14.7 Å². The lowest BCUT2D eigenvalue weighted by Gasteiger charge is -2.34. The second kappa shape index (κ2) is 10.9. The zero-order chi connectivity index (χ0) is 25.8. The summed E-state index contributed by atoms with van der Waals surface area (Å²) in [6, 6.07) is 18.3. The topological polar surface area (TPSA) is 88.1 Å². The number of rotatable bonds is 6. The number of nitrogens with one attached hydrogen (secondary N) is 1. The number of hydrogen-bond donors (Lipinski definition) is 2. The molecule has 7 heteroatoms. The maximum atomic E-state index is 14.2. The second-order valence-corrected chi connectivity index (χ2v) is 9.71. The van der Waals surface area contributed by atoms with E-state index in [-0.39, 0.29) is 23.6 Å². The summed E-state index contributed by atoms with van der Waals surface area (Å²) in [5.41, 5.74) is 2.64. The minimum Gasteiger partial charge on any atom is -0.508 e. The number of aryl methyl sites for hydroxylation is 1. The molecule has 3 aromatic carbocycles. The summed E-state index contributed by atoms with van der Waals surface area (Å²) in [5, 5.41) is 13.1. The molecule has 2 N–H and O–H groups in total. The SMILES string of the molecule is Cc1ccc(N(C(=O)c2ccc3c(c2)OCCO3)[C@@H](C(=O)NC2CCCCC2)c2ccc(O)cc2)cc1. The molecule has 1 atom stereocenters. The molecule has 0 aromatic heterocycles. The molecular formula is C30H32N2O5. The molecule has 3 aromatic rings. The molecular weight excluding hydrogens is 468 g/mol. The summed E-state index contributed by atoms with van der Waals surface area (Å²) in [6.45, 7) is 2.84. The molecule has 1 aliphatic heterocycles. The van der Waals surface area contributed by atoms with Gasteiger partial charge in [-0.05, 0) is 67.8 Å². The maximum Gasteiger partial charge on any atom is 0.259 e. The van der Waals surface area contributed by atoms with Crippen LogP contribution in [-0.2, 0) is 4.79 Å². The predicted octanol–water partition coefficient (Wildman–Crippen LogP) is 5.31. The zero-order valence-corrected chi connectivity index (χ0v) is 21.0. The minimum atomic E-state index is -0.939. The molecule has 2 amide bonds. The number of hydrogen-bond acceptors (Lipinski definition) is 5. The van der Waals surface area contributed by atoms with Gasteiger partial charge in [0.25, 0.3) is 5.91 Å². The molecule has 0 spiro atoms. The number of anilines is 1. The molecule has 1 saturated carbocycles. The van der Waals surface area contributed by atoms with Crippen LogP contribution in [0.15, 0.2) is 66.7 Å². The van der Waals surface area contributed by atoms with E-state index in [1.54, 1.807) is 30.3 Å². The highest BCUT2D eigenvalue weighted by molar-refractivity contribution is 6.10. The Hall–Kier alpha value is -4.00. The molecule has 192 valence electrons. The molecule has 37 heavy (non-hydrogen) atoms. The first-order chi connectivity index (χ1) is 18.0. The van der Waals surface area contributed by atoms with Crippen LogP contribution in [0, 0.1) is 6.92 Å². The van der Waals surface area contributed by atoms with Gasteiger partial charge in [0.05, 0.1) is 0 Å². The molecule has 0 saturated heterocycles. The predicted molar refractivity (Wildman–Crippen MR) is 141 cm³/mol. The fourth-order valence-corrected chi connectivity index (χ4v) is 5.01. The largest absolute Gasteiger partial charge is 0.508 e. The van der Waals surface area contributed by atoms with Crippen LogP contribution >= 0.6 is 0 Å². The first-order valence-electron chi connectivity index (χ1n) is 12.9. The highest BCUT2D eigenvalue weighted by Crippen LogP contribution is 2.35. The number of benzene rings is 3.